The lowest BCUT2D eigenvalue weighted by Gasteiger charge is -2.08. The molecule has 0 atom stereocenters. The number of aliphatic hydroxyl groups excluding tert-OH is 1. The van der Waals surface area contributed by atoms with Crippen LogP contribution < -0.4 is 0 Å². The summed E-state index contributed by atoms with van der Waals surface area (Å²) in [5.74, 6) is 0.634. The summed E-state index contributed by atoms with van der Waals surface area (Å²) in [7, 11) is -0.801. The standard InChI is InChI=1S/C5H10ClO4P/c1-9-11(8,10-2)4-5(7)3-6/h4,7H,3H2,1-2H3. The molecule has 4 nitrogen and oxygen atoms in total. The monoisotopic (exact) mass is 200 g/mol. The Kier molecular flexibility index (Phi) is 4.77. The van der Waals surface area contributed by atoms with Gasteiger partial charge in [-0.1, -0.05) is 0 Å². The van der Waals surface area contributed by atoms with Crippen LogP contribution in [0.15, 0.2) is 11.6 Å². The van der Waals surface area contributed by atoms with Gasteiger partial charge in [-0.05, 0) is 0 Å². The molecule has 0 aromatic rings. The average Bonchev–Trinajstić information content (AvgIpc) is 2.04. The summed E-state index contributed by atoms with van der Waals surface area (Å²) in [5, 5.41) is 8.85. The second-order valence-corrected chi connectivity index (χ2v) is 3.99. The lowest BCUT2D eigenvalue weighted by atomic mass is 10.7. The Hall–Kier alpha value is -0.0200. The normalized spacial score (nSPS) is 13.5. The Balaban J connectivity index is 4.42. The molecule has 0 aromatic carbocycles. The van der Waals surface area contributed by atoms with Gasteiger partial charge in [0, 0.05) is 14.2 Å². The third kappa shape index (κ3) is 3.77. The summed E-state index contributed by atoms with van der Waals surface area (Å²) in [5.41, 5.74) is 0. The maximum Gasteiger partial charge on any atom is 0.357 e. The minimum atomic E-state index is -3.25. The smallest absolute Gasteiger partial charge is 0.357 e. The van der Waals surface area contributed by atoms with E-state index < -0.39 is 7.60 Å². The molecule has 0 unspecified atom stereocenters. The van der Waals surface area contributed by atoms with E-state index in [1.807, 2.05) is 0 Å². The van der Waals surface area contributed by atoms with Crippen molar-refractivity contribution in [3.8, 4) is 0 Å². The topological polar surface area (TPSA) is 55.8 Å². The molecule has 11 heavy (non-hydrogen) atoms. The number of hydrogen-bond donors (Lipinski definition) is 1. The van der Waals surface area contributed by atoms with E-state index in [1.54, 1.807) is 0 Å². The van der Waals surface area contributed by atoms with Crippen LogP contribution in [0.1, 0.15) is 0 Å². The number of allylic oxidation sites excluding steroid dienone is 1. The molecule has 0 fully saturated rings. The zero-order valence-corrected chi connectivity index (χ0v) is 7.93. The van der Waals surface area contributed by atoms with Gasteiger partial charge in [-0.15, -0.1) is 11.6 Å². The van der Waals surface area contributed by atoms with Gasteiger partial charge in [-0.2, -0.15) is 0 Å². The molecule has 1 N–H and O–H groups in total. The van der Waals surface area contributed by atoms with Crippen LogP contribution in [-0.2, 0) is 13.6 Å². The van der Waals surface area contributed by atoms with Gasteiger partial charge in [0.05, 0.1) is 11.7 Å². The molecule has 0 spiro atoms. The van der Waals surface area contributed by atoms with Crippen LogP contribution in [0.5, 0.6) is 0 Å². The molecule has 0 bridgehead atoms. The zero-order valence-electron chi connectivity index (χ0n) is 6.28. The molecule has 0 aliphatic rings. The Morgan fingerprint density at radius 1 is 1.64 bits per heavy atom. The first-order valence-corrected chi connectivity index (χ1v) is 4.90. The molecule has 0 radical (unpaired) electrons. The summed E-state index contributed by atoms with van der Waals surface area (Å²) >= 11 is 5.22. The summed E-state index contributed by atoms with van der Waals surface area (Å²) < 4.78 is 20.2. The summed E-state index contributed by atoms with van der Waals surface area (Å²) in [6, 6.07) is 0. The van der Waals surface area contributed by atoms with Crippen molar-refractivity contribution < 1.29 is 18.7 Å². The molecular weight excluding hydrogens is 190 g/mol. The van der Waals surface area contributed by atoms with Gasteiger partial charge in [0.1, 0.15) is 5.76 Å². The lowest BCUT2D eigenvalue weighted by Crippen LogP contribution is -1.88. The van der Waals surface area contributed by atoms with Crippen LogP contribution in [-0.4, -0.2) is 25.2 Å². The molecule has 0 rings (SSSR count). The minimum Gasteiger partial charge on any atom is -0.511 e. The van der Waals surface area contributed by atoms with Crippen molar-refractivity contribution in [2.24, 2.45) is 0 Å². The highest BCUT2D eigenvalue weighted by molar-refractivity contribution is 7.57. The summed E-state index contributed by atoms with van der Waals surface area (Å²) in [6.07, 6.45) is 0. The first-order valence-electron chi connectivity index (χ1n) is 2.76. The fraction of sp³-hybridized carbons (Fsp3) is 0.600. The zero-order chi connectivity index (χ0) is 8.91. The van der Waals surface area contributed by atoms with E-state index >= 15 is 0 Å². The molecule has 0 heterocycles. The van der Waals surface area contributed by atoms with Crippen molar-refractivity contribution >= 4 is 19.2 Å². The quantitative estimate of drug-likeness (QED) is 0.429. The molecule has 0 aliphatic heterocycles. The number of rotatable bonds is 4. The Bertz CT molecular complexity index is 183. The molecule has 0 saturated heterocycles. The Labute approximate surface area is 70.3 Å². The third-order valence-corrected chi connectivity index (χ3v) is 2.86. The summed E-state index contributed by atoms with van der Waals surface area (Å²) in [4.78, 5) is 0. The fourth-order valence-corrected chi connectivity index (χ4v) is 1.40. The minimum absolute atomic E-state index is 0.114. The van der Waals surface area contributed by atoms with Crippen molar-refractivity contribution in [1.29, 1.82) is 0 Å². The highest BCUT2D eigenvalue weighted by Gasteiger charge is 2.17. The first kappa shape index (κ1) is 11.0. The van der Waals surface area contributed by atoms with Gasteiger partial charge < -0.3 is 14.2 Å². The molecule has 6 heteroatoms. The van der Waals surface area contributed by atoms with Crippen LogP contribution in [0.2, 0.25) is 0 Å². The number of hydrogen-bond acceptors (Lipinski definition) is 4. The second-order valence-electron chi connectivity index (χ2n) is 1.66. The fourth-order valence-electron chi connectivity index (χ4n) is 0.397. The van der Waals surface area contributed by atoms with E-state index in [4.69, 9.17) is 16.7 Å². The van der Waals surface area contributed by atoms with Crippen molar-refractivity contribution in [2.75, 3.05) is 20.1 Å². The highest BCUT2D eigenvalue weighted by atomic mass is 35.5. The predicted molar refractivity (Wildman–Crippen MR) is 43.1 cm³/mol. The van der Waals surface area contributed by atoms with Gasteiger partial charge in [-0.3, -0.25) is 4.57 Å². The third-order valence-electron chi connectivity index (χ3n) is 0.953. The van der Waals surface area contributed by atoms with Gasteiger partial charge in [0.15, 0.2) is 0 Å². The maximum absolute atomic E-state index is 11.2. The van der Waals surface area contributed by atoms with Crippen molar-refractivity contribution in [1.82, 2.24) is 0 Å². The number of alkyl halides is 1. The van der Waals surface area contributed by atoms with Crippen molar-refractivity contribution in [3.63, 3.8) is 0 Å². The Morgan fingerprint density at radius 2 is 2.09 bits per heavy atom. The molecule has 0 saturated carbocycles. The maximum atomic E-state index is 11.2. The molecule has 0 amide bonds. The molecule has 0 aromatic heterocycles. The van der Waals surface area contributed by atoms with E-state index in [9.17, 15) is 4.57 Å². The predicted octanol–water partition coefficient (Wildman–Crippen LogP) is 2.11. The second kappa shape index (κ2) is 4.78. The molecular formula is C5H10ClO4P. The SMILES string of the molecule is COP(=O)(C=C(O)CCl)OC. The lowest BCUT2D eigenvalue weighted by molar-refractivity contribution is 0.284. The largest absolute Gasteiger partial charge is 0.511 e. The van der Waals surface area contributed by atoms with E-state index in [0.29, 0.717) is 0 Å². The van der Waals surface area contributed by atoms with Gasteiger partial charge >= 0.3 is 7.60 Å². The van der Waals surface area contributed by atoms with Crippen LogP contribution in [0.25, 0.3) is 0 Å². The first-order chi connectivity index (χ1) is 5.08. The molecule has 66 valence electrons. The summed E-state index contributed by atoms with van der Waals surface area (Å²) in [6.45, 7) is 0. The van der Waals surface area contributed by atoms with Crippen LogP contribution in [0, 0.1) is 0 Å². The van der Waals surface area contributed by atoms with Crippen LogP contribution >= 0.6 is 19.2 Å². The van der Waals surface area contributed by atoms with E-state index in [1.165, 1.54) is 14.2 Å². The van der Waals surface area contributed by atoms with Crippen LogP contribution in [0.4, 0.5) is 0 Å². The highest BCUT2D eigenvalue weighted by Crippen LogP contribution is 2.48. The number of aliphatic hydroxyl groups is 1. The Morgan fingerprint density at radius 3 is 2.36 bits per heavy atom. The van der Waals surface area contributed by atoms with E-state index in [0.717, 1.165) is 5.82 Å². The van der Waals surface area contributed by atoms with Crippen molar-refractivity contribution in [3.05, 3.63) is 11.6 Å². The van der Waals surface area contributed by atoms with Gasteiger partial charge in [0.2, 0.25) is 0 Å². The van der Waals surface area contributed by atoms with E-state index in [2.05, 4.69) is 9.05 Å². The van der Waals surface area contributed by atoms with Crippen LogP contribution in [0.3, 0.4) is 0 Å². The number of halogens is 1. The average molecular weight is 201 g/mol. The van der Waals surface area contributed by atoms with E-state index in [-0.39, 0.29) is 11.6 Å². The van der Waals surface area contributed by atoms with Gasteiger partial charge in [0.25, 0.3) is 0 Å². The van der Waals surface area contributed by atoms with Gasteiger partial charge in [-0.25, -0.2) is 0 Å². The van der Waals surface area contributed by atoms with Crippen molar-refractivity contribution in [2.45, 2.75) is 0 Å². The molecule has 0 aliphatic carbocycles.